The lowest BCUT2D eigenvalue weighted by Crippen LogP contribution is -2.14. The minimum absolute atomic E-state index is 0.0528. The molecule has 0 saturated heterocycles. The van der Waals surface area contributed by atoms with E-state index >= 15 is 0 Å². The van der Waals surface area contributed by atoms with E-state index in [9.17, 15) is 5.11 Å². The maximum Gasteiger partial charge on any atom is 0.221 e. The summed E-state index contributed by atoms with van der Waals surface area (Å²) in [5, 5.41) is 28.0. The summed E-state index contributed by atoms with van der Waals surface area (Å²) in [6.07, 6.45) is 5.02. The van der Waals surface area contributed by atoms with Crippen LogP contribution < -0.4 is 16.8 Å². The molecule has 0 atom stereocenters. The first kappa shape index (κ1) is 19.6. The molecule has 0 unspecified atom stereocenters. The molecule has 1 heterocycles. The van der Waals surface area contributed by atoms with Gasteiger partial charge in [0.15, 0.2) is 0 Å². The first-order valence-electron chi connectivity index (χ1n) is 7.99. The standard InChI is InChI=1S/C19H21N7O/c1-19(2,27)6-5-12-3-4-13(8-20)16(7-12)25-17-15(14(9-21)10-22)11-24-18(23)26-17/h3-4,7-11,20-21,27H,22H2,1-2H3,(H3,23,24,25,26)/b14-10+,20-8?,21-9?. The molecule has 138 valence electrons. The number of nitrogens with zero attached hydrogens (tertiary/aromatic N) is 2. The number of anilines is 3. The van der Waals surface area contributed by atoms with E-state index in [4.69, 9.17) is 22.3 Å². The number of nitrogens with one attached hydrogen (secondary N) is 3. The van der Waals surface area contributed by atoms with Crippen LogP contribution in [0, 0.1) is 22.7 Å². The van der Waals surface area contributed by atoms with E-state index in [0.29, 0.717) is 33.8 Å². The highest BCUT2D eigenvalue weighted by Gasteiger charge is 2.12. The molecular formula is C19H21N7O. The zero-order valence-corrected chi connectivity index (χ0v) is 15.0. The van der Waals surface area contributed by atoms with E-state index in [1.807, 2.05) is 0 Å². The maximum atomic E-state index is 9.77. The van der Waals surface area contributed by atoms with Gasteiger partial charge in [0.1, 0.15) is 11.4 Å². The van der Waals surface area contributed by atoms with Gasteiger partial charge in [-0.2, -0.15) is 4.98 Å². The molecule has 8 heteroatoms. The quantitative estimate of drug-likeness (QED) is 0.351. The molecule has 27 heavy (non-hydrogen) atoms. The summed E-state index contributed by atoms with van der Waals surface area (Å²) < 4.78 is 0. The summed E-state index contributed by atoms with van der Waals surface area (Å²) >= 11 is 0. The van der Waals surface area contributed by atoms with Crippen LogP contribution in [0.15, 0.2) is 30.6 Å². The second-order valence-electron chi connectivity index (χ2n) is 6.14. The number of allylic oxidation sites excluding steroid dienone is 1. The molecule has 0 aliphatic carbocycles. The van der Waals surface area contributed by atoms with E-state index in [2.05, 4.69) is 27.1 Å². The van der Waals surface area contributed by atoms with Crippen molar-refractivity contribution in [3.63, 3.8) is 0 Å². The van der Waals surface area contributed by atoms with Crippen molar-refractivity contribution < 1.29 is 5.11 Å². The number of benzene rings is 1. The van der Waals surface area contributed by atoms with Gasteiger partial charge in [0.2, 0.25) is 5.95 Å². The van der Waals surface area contributed by atoms with E-state index in [1.165, 1.54) is 18.6 Å². The van der Waals surface area contributed by atoms with Gasteiger partial charge < -0.3 is 32.7 Å². The van der Waals surface area contributed by atoms with Gasteiger partial charge in [0.25, 0.3) is 0 Å². The molecule has 2 rings (SSSR count). The van der Waals surface area contributed by atoms with E-state index in [0.717, 1.165) is 6.21 Å². The highest BCUT2D eigenvalue weighted by Crippen LogP contribution is 2.26. The van der Waals surface area contributed by atoms with Crippen molar-refractivity contribution in [2.75, 3.05) is 11.1 Å². The molecule has 0 fully saturated rings. The lowest BCUT2D eigenvalue weighted by Gasteiger charge is -2.14. The highest BCUT2D eigenvalue weighted by atomic mass is 16.3. The fourth-order valence-corrected chi connectivity index (χ4v) is 2.14. The Morgan fingerprint density at radius 3 is 2.67 bits per heavy atom. The smallest absolute Gasteiger partial charge is 0.221 e. The highest BCUT2D eigenvalue weighted by molar-refractivity contribution is 6.10. The Labute approximate surface area is 157 Å². The number of aromatic nitrogens is 2. The van der Waals surface area contributed by atoms with Crippen molar-refractivity contribution in [1.82, 2.24) is 9.97 Å². The Morgan fingerprint density at radius 1 is 1.33 bits per heavy atom. The van der Waals surface area contributed by atoms with Crippen LogP contribution in [0.3, 0.4) is 0 Å². The summed E-state index contributed by atoms with van der Waals surface area (Å²) in [6.45, 7) is 3.19. The van der Waals surface area contributed by atoms with Crippen LogP contribution in [0.25, 0.3) is 5.57 Å². The van der Waals surface area contributed by atoms with Gasteiger partial charge in [-0.05, 0) is 26.0 Å². The van der Waals surface area contributed by atoms with Gasteiger partial charge in [-0.1, -0.05) is 17.9 Å². The minimum Gasteiger partial charge on any atom is -0.404 e. The Morgan fingerprint density at radius 2 is 2.07 bits per heavy atom. The van der Waals surface area contributed by atoms with Crippen molar-refractivity contribution in [3.8, 4) is 11.8 Å². The maximum absolute atomic E-state index is 9.77. The van der Waals surface area contributed by atoms with E-state index in [1.54, 1.807) is 32.0 Å². The zero-order valence-electron chi connectivity index (χ0n) is 15.0. The van der Waals surface area contributed by atoms with Crippen LogP contribution in [0.2, 0.25) is 0 Å². The predicted molar refractivity (Wildman–Crippen MR) is 108 cm³/mol. The van der Waals surface area contributed by atoms with Gasteiger partial charge in [-0.15, -0.1) is 0 Å². The van der Waals surface area contributed by atoms with Crippen LogP contribution in [0.5, 0.6) is 0 Å². The van der Waals surface area contributed by atoms with Crippen molar-refractivity contribution in [3.05, 3.63) is 47.3 Å². The van der Waals surface area contributed by atoms with Gasteiger partial charge in [-0.25, -0.2) is 4.98 Å². The molecule has 0 spiro atoms. The third-order valence-electron chi connectivity index (χ3n) is 3.43. The van der Waals surface area contributed by atoms with Crippen LogP contribution >= 0.6 is 0 Å². The number of aliphatic hydroxyl groups is 1. The molecule has 0 aliphatic heterocycles. The summed E-state index contributed by atoms with van der Waals surface area (Å²) in [5.41, 5.74) is 12.9. The molecular weight excluding hydrogens is 342 g/mol. The molecule has 1 aromatic heterocycles. The normalized spacial score (nSPS) is 11.3. The van der Waals surface area contributed by atoms with Crippen LogP contribution in [-0.2, 0) is 0 Å². The minimum atomic E-state index is -1.12. The summed E-state index contributed by atoms with van der Waals surface area (Å²) in [5.74, 6) is 6.03. The number of nitrogens with two attached hydrogens (primary N) is 2. The first-order valence-corrected chi connectivity index (χ1v) is 7.99. The third-order valence-corrected chi connectivity index (χ3v) is 3.43. The van der Waals surface area contributed by atoms with Crippen molar-refractivity contribution in [2.45, 2.75) is 19.4 Å². The van der Waals surface area contributed by atoms with E-state index in [-0.39, 0.29) is 5.95 Å². The molecule has 2 aromatic rings. The van der Waals surface area contributed by atoms with Gasteiger partial charge >= 0.3 is 0 Å². The summed E-state index contributed by atoms with van der Waals surface area (Å²) in [4.78, 5) is 8.13. The van der Waals surface area contributed by atoms with Crippen molar-refractivity contribution >= 4 is 35.5 Å². The largest absolute Gasteiger partial charge is 0.404 e. The molecule has 0 amide bonds. The Hall–Kier alpha value is -3.70. The second-order valence-corrected chi connectivity index (χ2v) is 6.14. The Balaban J connectivity index is 2.53. The van der Waals surface area contributed by atoms with Gasteiger partial charge in [-0.3, -0.25) is 0 Å². The van der Waals surface area contributed by atoms with Crippen LogP contribution in [0.1, 0.15) is 30.5 Å². The average Bonchev–Trinajstić information content (AvgIpc) is 2.62. The molecule has 0 radical (unpaired) electrons. The Kier molecular flexibility index (Phi) is 5.90. The van der Waals surface area contributed by atoms with E-state index < -0.39 is 5.60 Å². The van der Waals surface area contributed by atoms with Gasteiger partial charge in [0.05, 0.1) is 0 Å². The number of nitrogen functional groups attached to an aromatic ring is 1. The monoisotopic (exact) mass is 363 g/mol. The number of rotatable bonds is 5. The van der Waals surface area contributed by atoms with Crippen molar-refractivity contribution in [1.29, 1.82) is 10.8 Å². The lowest BCUT2D eigenvalue weighted by molar-refractivity contribution is 0.143. The summed E-state index contributed by atoms with van der Waals surface area (Å²) in [7, 11) is 0. The van der Waals surface area contributed by atoms with Crippen molar-refractivity contribution in [2.24, 2.45) is 5.73 Å². The van der Waals surface area contributed by atoms with Gasteiger partial charge in [0, 0.05) is 52.8 Å². The van der Waals surface area contributed by atoms with Crippen LogP contribution in [0.4, 0.5) is 17.5 Å². The summed E-state index contributed by atoms with van der Waals surface area (Å²) in [6, 6.07) is 5.21. The molecule has 0 bridgehead atoms. The number of hydrogen-bond donors (Lipinski definition) is 6. The topological polar surface area (TPSA) is 158 Å². The fraction of sp³-hybridized carbons (Fsp3) is 0.158. The predicted octanol–water partition coefficient (Wildman–Crippen LogP) is 1.87. The fourth-order valence-electron chi connectivity index (χ4n) is 2.14. The van der Waals surface area contributed by atoms with Crippen LogP contribution in [-0.4, -0.2) is 33.1 Å². The number of hydrogen-bond acceptors (Lipinski definition) is 8. The molecule has 0 saturated carbocycles. The first-order chi connectivity index (χ1) is 12.8. The third kappa shape index (κ3) is 5.14. The second kappa shape index (κ2) is 8.12. The molecule has 8 nitrogen and oxygen atoms in total. The average molecular weight is 363 g/mol. The molecule has 0 aliphatic rings. The molecule has 8 N–H and O–H groups in total. The lowest BCUT2D eigenvalue weighted by atomic mass is 10.1. The zero-order chi connectivity index (χ0) is 20.0. The molecule has 1 aromatic carbocycles. The SMILES string of the molecule is CC(C)(O)C#Cc1ccc(C=N)c(Nc2nc(N)ncc2/C(C=N)=C/N)c1. The Bertz CT molecular complexity index is 962.